The van der Waals surface area contributed by atoms with E-state index in [-0.39, 0.29) is 5.56 Å². The van der Waals surface area contributed by atoms with Crippen LogP contribution in [0.25, 0.3) is 0 Å². The Morgan fingerprint density at radius 2 is 2.10 bits per heavy atom. The van der Waals surface area contributed by atoms with Crippen molar-refractivity contribution >= 4 is 0 Å². The van der Waals surface area contributed by atoms with Gasteiger partial charge in [-0.1, -0.05) is 18.2 Å². The normalized spacial score (nSPS) is 24.2. The molecule has 2 atom stereocenters. The molecule has 2 rings (SSSR count). The topological polar surface area (TPSA) is 30.5 Å². The Morgan fingerprint density at radius 1 is 1.38 bits per heavy atom. The van der Waals surface area contributed by atoms with Crippen LogP contribution in [-0.4, -0.2) is 32.5 Å². The first-order chi connectivity index (χ1) is 9.88. The predicted octanol–water partition coefficient (Wildman–Crippen LogP) is 3.16. The number of hydrogen-bond donors (Lipinski definition) is 1. The lowest BCUT2D eigenvalue weighted by molar-refractivity contribution is -0.138. The molecule has 0 aromatic heterocycles. The van der Waals surface area contributed by atoms with Gasteiger partial charge in [-0.15, -0.1) is 0 Å². The number of benzene rings is 1. The molecule has 0 radical (unpaired) electrons. The minimum Gasteiger partial charge on any atom is -0.378 e. The van der Waals surface area contributed by atoms with Crippen LogP contribution in [0.4, 0.5) is 13.2 Å². The third-order valence-electron chi connectivity index (χ3n) is 3.96. The van der Waals surface area contributed by atoms with Crippen molar-refractivity contribution in [3.05, 3.63) is 35.4 Å². The maximum absolute atomic E-state index is 13.0. The lowest BCUT2D eigenvalue weighted by atomic mass is 9.98. The number of alkyl halides is 3. The highest BCUT2D eigenvalue weighted by atomic mass is 19.4. The van der Waals surface area contributed by atoms with Crippen molar-refractivity contribution in [2.45, 2.75) is 31.2 Å². The summed E-state index contributed by atoms with van der Waals surface area (Å²) in [5.74, 6) is 0. The molecular weight excluding hydrogens is 283 g/mol. The minimum atomic E-state index is -4.35. The Kier molecular flexibility index (Phi) is 4.91. The number of ether oxygens (including phenoxy) is 2. The van der Waals surface area contributed by atoms with Crippen LogP contribution >= 0.6 is 0 Å². The van der Waals surface area contributed by atoms with E-state index in [1.807, 2.05) is 0 Å². The van der Waals surface area contributed by atoms with E-state index in [4.69, 9.17) is 9.47 Å². The maximum Gasteiger partial charge on any atom is 0.416 e. The van der Waals surface area contributed by atoms with Crippen LogP contribution in [0, 0.1) is 0 Å². The molecule has 0 saturated carbocycles. The van der Waals surface area contributed by atoms with E-state index < -0.39 is 23.4 Å². The van der Waals surface area contributed by atoms with E-state index in [9.17, 15) is 13.2 Å². The third-order valence-corrected chi connectivity index (χ3v) is 3.96. The van der Waals surface area contributed by atoms with Crippen molar-refractivity contribution in [2.75, 3.05) is 26.9 Å². The highest BCUT2D eigenvalue weighted by Gasteiger charge is 2.37. The van der Waals surface area contributed by atoms with Crippen molar-refractivity contribution in [1.29, 1.82) is 0 Å². The molecule has 1 aliphatic heterocycles. The first-order valence-electron chi connectivity index (χ1n) is 6.90. The van der Waals surface area contributed by atoms with Gasteiger partial charge in [0.15, 0.2) is 0 Å². The largest absolute Gasteiger partial charge is 0.416 e. The van der Waals surface area contributed by atoms with Crippen LogP contribution in [0.1, 0.15) is 30.5 Å². The zero-order chi connectivity index (χ0) is 15.5. The molecule has 0 bridgehead atoms. The molecule has 21 heavy (non-hydrogen) atoms. The van der Waals surface area contributed by atoms with Crippen LogP contribution < -0.4 is 5.32 Å². The average Bonchev–Trinajstić information content (AvgIpc) is 2.93. The number of hydrogen-bond acceptors (Lipinski definition) is 3. The second kappa shape index (κ2) is 6.34. The molecule has 118 valence electrons. The van der Waals surface area contributed by atoms with Gasteiger partial charge < -0.3 is 14.8 Å². The summed E-state index contributed by atoms with van der Waals surface area (Å²) in [6.07, 6.45) is -3.61. The third kappa shape index (κ3) is 3.75. The van der Waals surface area contributed by atoms with Crippen LogP contribution in [0.5, 0.6) is 0 Å². The molecule has 1 aliphatic rings. The SMILES string of the molecule is COC1(CNC(C)c2ccccc2C(F)(F)F)CCOC1. The summed E-state index contributed by atoms with van der Waals surface area (Å²) in [5, 5.41) is 3.14. The number of nitrogens with one attached hydrogen (secondary N) is 1. The lowest BCUT2D eigenvalue weighted by Gasteiger charge is -2.29. The molecule has 0 spiro atoms. The fourth-order valence-electron chi connectivity index (χ4n) is 2.54. The second-order valence-electron chi connectivity index (χ2n) is 5.38. The van der Waals surface area contributed by atoms with Crippen molar-refractivity contribution < 1.29 is 22.6 Å². The van der Waals surface area contributed by atoms with Crippen molar-refractivity contribution in [3.8, 4) is 0 Å². The summed E-state index contributed by atoms with van der Waals surface area (Å²) in [5.41, 5.74) is -0.796. The van der Waals surface area contributed by atoms with Gasteiger partial charge in [0.25, 0.3) is 0 Å². The summed E-state index contributed by atoms with van der Waals surface area (Å²) in [6.45, 7) is 3.26. The van der Waals surface area contributed by atoms with Crippen LogP contribution in [0.15, 0.2) is 24.3 Å². The zero-order valence-electron chi connectivity index (χ0n) is 12.2. The second-order valence-corrected chi connectivity index (χ2v) is 5.38. The minimum absolute atomic E-state index is 0.246. The molecule has 1 fully saturated rings. The van der Waals surface area contributed by atoms with E-state index in [1.165, 1.54) is 12.1 Å². The summed E-state index contributed by atoms with van der Waals surface area (Å²) in [4.78, 5) is 0. The van der Waals surface area contributed by atoms with Crippen molar-refractivity contribution in [3.63, 3.8) is 0 Å². The fraction of sp³-hybridized carbons (Fsp3) is 0.600. The van der Waals surface area contributed by atoms with Crippen LogP contribution in [0.3, 0.4) is 0 Å². The van der Waals surface area contributed by atoms with E-state index in [1.54, 1.807) is 20.1 Å². The zero-order valence-corrected chi connectivity index (χ0v) is 12.2. The predicted molar refractivity (Wildman–Crippen MR) is 73.0 cm³/mol. The summed E-state index contributed by atoms with van der Waals surface area (Å²) < 4.78 is 49.9. The molecule has 0 aliphatic carbocycles. The van der Waals surface area contributed by atoms with Gasteiger partial charge in [-0.2, -0.15) is 13.2 Å². The summed E-state index contributed by atoms with van der Waals surface area (Å²) in [7, 11) is 1.60. The maximum atomic E-state index is 13.0. The molecule has 0 amide bonds. The number of methoxy groups -OCH3 is 1. The Hall–Kier alpha value is -1.11. The van der Waals surface area contributed by atoms with Gasteiger partial charge in [0.1, 0.15) is 5.60 Å². The fourth-order valence-corrected chi connectivity index (χ4v) is 2.54. The molecule has 1 aromatic rings. The van der Waals surface area contributed by atoms with E-state index in [0.717, 1.165) is 12.5 Å². The molecule has 1 saturated heterocycles. The van der Waals surface area contributed by atoms with Crippen molar-refractivity contribution in [2.24, 2.45) is 0 Å². The highest BCUT2D eigenvalue weighted by molar-refractivity contribution is 5.32. The highest BCUT2D eigenvalue weighted by Crippen LogP contribution is 2.34. The Morgan fingerprint density at radius 3 is 2.67 bits per heavy atom. The molecule has 1 N–H and O–H groups in total. The van der Waals surface area contributed by atoms with E-state index in [2.05, 4.69) is 5.32 Å². The van der Waals surface area contributed by atoms with Crippen LogP contribution in [0.2, 0.25) is 0 Å². The van der Waals surface area contributed by atoms with Gasteiger partial charge in [-0.25, -0.2) is 0 Å². The van der Waals surface area contributed by atoms with E-state index >= 15 is 0 Å². The van der Waals surface area contributed by atoms with Gasteiger partial charge in [0.2, 0.25) is 0 Å². The summed E-state index contributed by atoms with van der Waals surface area (Å²) >= 11 is 0. The monoisotopic (exact) mass is 303 g/mol. The van der Waals surface area contributed by atoms with Gasteiger partial charge >= 0.3 is 6.18 Å². The average molecular weight is 303 g/mol. The van der Waals surface area contributed by atoms with Gasteiger partial charge in [-0.3, -0.25) is 0 Å². The molecule has 3 nitrogen and oxygen atoms in total. The number of rotatable bonds is 5. The first-order valence-corrected chi connectivity index (χ1v) is 6.90. The lowest BCUT2D eigenvalue weighted by Crippen LogP contribution is -2.43. The number of halogens is 3. The van der Waals surface area contributed by atoms with Gasteiger partial charge in [0, 0.05) is 32.7 Å². The van der Waals surface area contributed by atoms with Crippen LogP contribution in [-0.2, 0) is 15.7 Å². The molecule has 6 heteroatoms. The molecular formula is C15H20F3NO2. The summed E-state index contributed by atoms with van der Waals surface area (Å²) in [6, 6.07) is 5.22. The smallest absolute Gasteiger partial charge is 0.378 e. The molecule has 1 heterocycles. The molecule has 2 unspecified atom stereocenters. The molecule has 1 aromatic carbocycles. The van der Waals surface area contributed by atoms with E-state index in [0.29, 0.717) is 19.8 Å². The standard InChI is InChI=1S/C15H20F3NO2/c1-11(19-9-14(20-2)7-8-21-10-14)12-5-3-4-6-13(12)15(16,17)18/h3-6,11,19H,7-10H2,1-2H3. The Balaban J connectivity index is 2.09. The van der Waals surface area contributed by atoms with Gasteiger partial charge in [0.05, 0.1) is 12.2 Å². The Labute approximate surface area is 122 Å². The first kappa shape index (κ1) is 16.3. The van der Waals surface area contributed by atoms with Gasteiger partial charge in [-0.05, 0) is 18.6 Å². The quantitative estimate of drug-likeness (QED) is 0.906. The Bertz CT molecular complexity index is 470. The van der Waals surface area contributed by atoms with Crippen molar-refractivity contribution in [1.82, 2.24) is 5.32 Å².